The summed E-state index contributed by atoms with van der Waals surface area (Å²) in [5.41, 5.74) is 0.633. The molecule has 0 spiro atoms. The van der Waals surface area contributed by atoms with Crippen LogP contribution in [-0.2, 0) is 0 Å². The Kier molecular flexibility index (Phi) is 4.19. The summed E-state index contributed by atoms with van der Waals surface area (Å²) in [6.07, 6.45) is 10.1. The van der Waals surface area contributed by atoms with Gasteiger partial charge in [-0.2, -0.15) is 0 Å². The molecule has 1 N–H and O–H groups in total. The molecule has 2 heteroatoms. The number of likely N-dealkylation sites (tertiary alicyclic amines) is 1. The van der Waals surface area contributed by atoms with Gasteiger partial charge in [-0.3, -0.25) is 0 Å². The topological polar surface area (TPSA) is 15.3 Å². The highest BCUT2D eigenvalue weighted by atomic mass is 15.1. The molecule has 3 aliphatic rings. The Morgan fingerprint density at radius 2 is 1.68 bits per heavy atom. The van der Waals surface area contributed by atoms with Crippen molar-refractivity contribution in [2.75, 3.05) is 26.2 Å². The summed E-state index contributed by atoms with van der Waals surface area (Å²) in [5, 5.41) is 3.88. The van der Waals surface area contributed by atoms with Gasteiger partial charge >= 0.3 is 0 Å². The summed E-state index contributed by atoms with van der Waals surface area (Å²) in [6.45, 7) is 9.97. The van der Waals surface area contributed by atoms with E-state index in [0.717, 1.165) is 17.9 Å². The summed E-state index contributed by atoms with van der Waals surface area (Å²) in [4.78, 5) is 2.68. The van der Waals surface area contributed by atoms with E-state index in [4.69, 9.17) is 0 Å². The van der Waals surface area contributed by atoms with E-state index in [1.165, 1.54) is 71.1 Å². The summed E-state index contributed by atoms with van der Waals surface area (Å²) in [6, 6.07) is 0.880. The zero-order valence-corrected chi connectivity index (χ0v) is 13.0. The molecule has 0 aromatic rings. The second kappa shape index (κ2) is 5.73. The number of nitrogens with one attached hydrogen (secondary N) is 1. The van der Waals surface area contributed by atoms with E-state index in [2.05, 4.69) is 24.1 Å². The van der Waals surface area contributed by atoms with Crippen LogP contribution < -0.4 is 5.32 Å². The van der Waals surface area contributed by atoms with Gasteiger partial charge < -0.3 is 10.2 Å². The fraction of sp³-hybridized carbons (Fsp3) is 1.00. The Balaban J connectivity index is 1.34. The smallest absolute Gasteiger partial charge is 0.0124 e. The lowest BCUT2D eigenvalue weighted by Crippen LogP contribution is -2.44. The molecule has 0 unspecified atom stereocenters. The molecule has 0 radical (unpaired) electrons. The van der Waals surface area contributed by atoms with Crippen LogP contribution in [-0.4, -0.2) is 37.1 Å². The average Bonchev–Trinajstić information content (AvgIpc) is 3.29. The van der Waals surface area contributed by atoms with E-state index in [9.17, 15) is 0 Å². The summed E-state index contributed by atoms with van der Waals surface area (Å²) < 4.78 is 0. The Morgan fingerprint density at radius 3 is 2.16 bits per heavy atom. The van der Waals surface area contributed by atoms with Gasteiger partial charge in [-0.1, -0.05) is 20.3 Å². The van der Waals surface area contributed by atoms with Gasteiger partial charge in [0.05, 0.1) is 0 Å². The molecule has 0 aromatic heterocycles. The molecule has 2 aliphatic carbocycles. The monoisotopic (exact) mass is 264 g/mol. The highest BCUT2D eigenvalue weighted by Crippen LogP contribution is 2.44. The van der Waals surface area contributed by atoms with E-state index < -0.39 is 0 Å². The molecule has 0 amide bonds. The van der Waals surface area contributed by atoms with Crippen molar-refractivity contribution in [2.24, 2.45) is 17.3 Å². The Labute approximate surface area is 119 Å². The van der Waals surface area contributed by atoms with Crippen LogP contribution in [0.5, 0.6) is 0 Å². The molecular formula is C17H32N2. The van der Waals surface area contributed by atoms with E-state index >= 15 is 0 Å². The summed E-state index contributed by atoms with van der Waals surface area (Å²) in [7, 11) is 0. The van der Waals surface area contributed by atoms with Gasteiger partial charge in [-0.15, -0.1) is 0 Å². The van der Waals surface area contributed by atoms with Gasteiger partial charge in [0.15, 0.2) is 0 Å². The third kappa shape index (κ3) is 3.72. The van der Waals surface area contributed by atoms with Crippen molar-refractivity contribution in [1.29, 1.82) is 0 Å². The predicted octanol–water partition coefficient (Wildman–Crippen LogP) is 3.28. The van der Waals surface area contributed by atoms with Gasteiger partial charge in [-0.25, -0.2) is 0 Å². The number of nitrogens with zero attached hydrogens (tertiary/aromatic N) is 1. The summed E-state index contributed by atoms with van der Waals surface area (Å²) in [5.74, 6) is 2.08. The third-order valence-electron chi connectivity index (χ3n) is 5.98. The normalized spacial score (nSPS) is 27.9. The number of piperidine rings is 1. The fourth-order valence-corrected chi connectivity index (χ4v) is 3.69. The SMILES string of the molecule is CCC1(C)CCN(CCNC(C2CC2)C2CC2)CC1. The standard InChI is InChI=1S/C17H32N2/c1-3-17(2)8-11-19(12-9-17)13-10-18-16(14-4-5-14)15-6-7-15/h14-16,18H,3-13H2,1-2H3. The molecule has 110 valence electrons. The Hall–Kier alpha value is -0.0800. The quantitative estimate of drug-likeness (QED) is 0.759. The molecule has 2 saturated carbocycles. The van der Waals surface area contributed by atoms with E-state index in [-0.39, 0.29) is 0 Å². The van der Waals surface area contributed by atoms with Crippen LogP contribution in [0.3, 0.4) is 0 Å². The maximum atomic E-state index is 3.88. The molecule has 3 rings (SSSR count). The molecule has 0 aromatic carbocycles. The number of hydrogen-bond acceptors (Lipinski definition) is 2. The van der Waals surface area contributed by atoms with Crippen LogP contribution in [0.15, 0.2) is 0 Å². The first-order chi connectivity index (χ1) is 9.20. The zero-order chi connectivity index (χ0) is 13.3. The average molecular weight is 264 g/mol. The molecule has 1 heterocycles. The largest absolute Gasteiger partial charge is 0.312 e. The molecule has 2 nitrogen and oxygen atoms in total. The van der Waals surface area contributed by atoms with Crippen molar-refractivity contribution in [1.82, 2.24) is 10.2 Å². The second-order valence-electron chi connectivity index (χ2n) is 7.66. The highest BCUT2D eigenvalue weighted by molar-refractivity contribution is 4.96. The minimum Gasteiger partial charge on any atom is -0.312 e. The van der Waals surface area contributed by atoms with Crippen molar-refractivity contribution < 1.29 is 0 Å². The molecular weight excluding hydrogens is 232 g/mol. The minimum absolute atomic E-state index is 0.633. The number of hydrogen-bond donors (Lipinski definition) is 1. The molecule has 19 heavy (non-hydrogen) atoms. The molecule has 0 bridgehead atoms. The molecule has 1 saturated heterocycles. The first kappa shape index (κ1) is 13.9. The minimum atomic E-state index is 0.633. The Morgan fingerprint density at radius 1 is 1.11 bits per heavy atom. The van der Waals surface area contributed by atoms with Crippen molar-refractivity contribution in [3.8, 4) is 0 Å². The van der Waals surface area contributed by atoms with Crippen molar-refractivity contribution in [2.45, 2.75) is 64.8 Å². The lowest BCUT2D eigenvalue weighted by Gasteiger charge is -2.39. The van der Waals surface area contributed by atoms with Crippen LogP contribution in [0.25, 0.3) is 0 Å². The highest BCUT2D eigenvalue weighted by Gasteiger charge is 2.41. The van der Waals surface area contributed by atoms with Gasteiger partial charge in [0.25, 0.3) is 0 Å². The van der Waals surface area contributed by atoms with Gasteiger partial charge in [0.2, 0.25) is 0 Å². The van der Waals surface area contributed by atoms with Crippen molar-refractivity contribution in [3.05, 3.63) is 0 Å². The predicted molar refractivity (Wildman–Crippen MR) is 81.3 cm³/mol. The fourth-order valence-electron chi connectivity index (χ4n) is 3.69. The second-order valence-corrected chi connectivity index (χ2v) is 7.66. The van der Waals surface area contributed by atoms with Crippen molar-refractivity contribution in [3.63, 3.8) is 0 Å². The van der Waals surface area contributed by atoms with Crippen LogP contribution in [0.4, 0.5) is 0 Å². The van der Waals surface area contributed by atoms with Crippen molar-refractivity contribution >= 4 is 0 Å². The maximum Gasteiger partial charge on any atom is 0.0124 e. The first-order valence-electron chi connectivity index (χ1n) is 8.66. The lowest BCUT2D eigenvalue weighted by atomic mass is 9.78. The van der Waals surface area contributed by atoms with Crippen LogP contribution >= 0.6 is 0 Å². The van der Waals surface area contributed by atoms with E-state index in [1.807, 2.05) is 0 Å². The first-order valence-corrected chi connectivity index (χ1v) is 8.66. The van der Waals surface area contributed by atoms with E-state index in [0.29, 0.717) is 5.41 Å². The molecule has 1 aliphatic heterocycles. The van der Waals surface area contributed by atoms with Gasteiger partial charge in [0.1, 0.15) is 0 Å². The van der Waals surface area contributed by atoms with Crippen LogP contribution in [0.2, 0.25) is 0 Å². The van der Waals surface area contributed by atoms with Gasteiger partial charge in [0, 0.05) is 19.1 Å². The third-order valence-corrected chi connectivity index (χ3v) is 5.98. The lowest BCUT2D eigenvalue weighted by molar-refractivity contribution is 0.114. The van der Waals surface area contributed by atoms with E-state index in [1.54, 1.807) is 0 Å². The zero-order valence-electron chi connectivity index (χ0n) is 13.0. The molecule has 3 fully saturated rings. The van der Waals surface area contributed by atoms with Crippen LogP contribution in [0, 0.1) is 17.3 Å². The van der Waals surface area contributed by atoms with Crippen LogP contribution in [0.1, 0.15) is 58.8 Å². The number of rotatable bonds is 7. The van der Waals surface area contributed by atoms with Gasteiger partial charge in [-0.05, 0) is 68.9 Å². The Bertz CT molecular complexity index is 274. The summed E-state index contributed by atoms with van der Waals surface area (Å²) >= 11 is 0. The molecule has 0 atom stereocenters. The maximum absolute atomic E-state index is 3.88.